The van der Waals surface area contributed by atoms with Gasteiger partial charge in [-0.3, -0.25) is 4.79 Å². The van der Waals surface area contributed by atoms with Crippen LogP contribution in [0.3, 0.4) is 0 Å². The van der Waals surface area contributed by atoms with Crippen LogP contribution in [-0.2, 0) is 12.0 Å². The first-order valence-corrected chi connectivity index (χ1v) is 13.4. The third kappa shape index (κ3) is 3.91. The highest BCUT2D eigenvalue weighted by atomic mass is 35.5. The Balaban J connectivity index is 1.42. The molecule has 0 atom stereocenters. The van der Waals surface area contributed by atoms with Gasteiger partial charge in [0.1, 0.15) is 5.82 Å². The number of halogens is 2. The summed E-state index contributed by atoms with van der Waals surface area (Å²) in [6, 6.07) is 21.1. The number of hydrogen-bond donors (Lipinski definition) is 1. The van der Waals surface area contributed by atoms with E-state index in [9.17, 15) is 9.18 Å². The van der Waals surface area contributed by atoms with E-state index in [0.29, 0.717) is 22.8 Å². The van der Waals surface area contributed by atoms with Gasteiger partial charge >= 0.3 is 0 Å². The van der Waals surface area contributed by atoms with Crippen molar-refractivity contribution < 1.29 is 9.18 Å². The van der Waals surface area contributed by atoms with Crippen LogP contribution in [0.5, 0.6) is 0 Å². The summed E-state index contributed by atoms with van der Waals surface area (Å²) in [5.74, 6) is 0.0673. The standard InChI is InChI=1S/C31H31ClFN3O/c1-35(2)28-23(10-6-11-26(28)33)20-13-16-31(17-14-20)29-25(24-9-3-4-12-27(24)34-29)15-18-36(31)30(37)21-7-5-8-22(32)19-21/h3-12,19-20,34H,13-18H2,1-2H3. The number of nitrogens with one attached hydrogen (secondary N) is 1. The summed E-state index contributed by atoms with van der Waals surface area (Å²) in [5.41, 5.74) is 5.52. The number of aromatic nitrogens is 1. The number of H-pyrrole nitrogens is 1. The maximum atomic E-state index is 14.8. The molecule has 1 saturated carbocycles. The molecule has 1 aliphatic heterocycles. The van der Waals surface area contributed by atoms with Gasteiger partial charge in [0.25, 0.3) is 5.91 Å². The number of nitrogens with zero attached hydrogens (tertiary/aromatic N) is 2. The third-order valence-corrected chi connectivity index (χ3v) is 8.65. The minimum atomic E-state index is -0.436. The van der Waals surface area contributed by atoms with Crippen molar-refractivity contribution in [2.75, 3.05) is 25.5 Å². The molecule has 37 heavy (non-hydrogen) atoms. The summed E-state index contributed by atoms with van der Waals surface area (Å²) in [6.45, 7) is 0.660. The summed E-state index contributed by atoms with van der Waals surface area (Å²) in [4.78, 5) is 21.7. The average Bonchev–Trinajstić information content (AvgIpc) is 3.29. The number of aromatic amines is 1. The van der Waals surface area contributed by atoms with E-state index in [1.165, 1.54) is 22.7 Å². The van der Waals surface area contributed by atoms with Crippen LogP contribution in [0.15, 0.2) is 66.7 Å². The highest BCUT2D eigenvalue weighted by Crippen LogP contribution is 2.52. The fourth-order valence-electron chi connectivity index (χ4n) is 6.76. The van der Waals surface area contributed by atoms with Gasteiger partial charge in [0.05, 0.1) is 11.2 Å². The van der Waals surface area contributed by atoms with Crippen LogP contribution in [0.2, 0.25) is 5.02 Å². The van der Waals surface area contributed by atoms with Crippen molar-refractivity contribution in [1.82, 2.24) is 9.88 Å². The van der Waals surface area contributed by atoms with Crippen molar-refractivity contribution >= 4 is 34.1 Å². The van der Waals surface area contributed by atoms with Crippen LogP contribution in [0, 0.1) is 5.82 Å². The first-order valence-electron chi connectivity index (χ1n) is 13.0. The smallest absolute Gasteiger partial charge is 0.254 e. The number of rotatable bonds is 3. The number of para-hydroxylation sites is 2. The molecule has 1 amide bonds. The molecule has 1 aliphatic carbocycles. The second-order valence-electron chi connectivity index (χ2n) is 10.6. The van der Waals surface area contributed by atoms with Gasteiger partial charge < -0.3 is 14.8 Å². The van der Waals surface area contributed by atoms with E-state index in [4.69, 9.17) is 11.6 Å². The molecule has 1 aromatic heterocycles. The van der Waals surface area contributed by atoms with Crippen LogP contribution in [0.25, 0.3) is 10.9 Å². The summed E-state index contributed by atoms with van der Waals surface area (Å²) in [7, 11) is 3.80. The second kappa shape index (κ2) is 9.21. The molecule has 0 bridgehead atoms. The maximum absolute atomic E-state index is 14.8. The fourth-order valence-corrected chi connectivity index (χ4v) is 6.95. The Kier molecular flexibility index (Phi) is 5.99. The third-order valence-electron chi connectivity index (χ3n) is 8.42. The normalized spacial score (nSPS) is 21.3. The molecule has 2 aliphatic rings. The lowest BCUT2D eigenvalue weighted by Crippen LogP contribution is -2.55. The van der Waals surface area contributed by atoms with Crippen LogP contribution in [0.4, 0.5) is 10.1 Å². The largest absolute Gasteiger partial charge is 0.375 e. The van der Waals surface area contributed by atoms with Gasteiger partial charge in [-0.05, 0) is 79.5 Å². The van der Waals surface area contributed by atoms with E-state index in [1.807, 2.05) is 37.2 Å². The zero-order valence-electron chi connectivity index (χ0n) is 21.2. The van der Waals surface area contributed by atoms with E-state index in [0.717, 1.165) is 43.2 Å². The molecule has 1 N–H and O–H groups in total. The van der Waals surface area contributed by atoms with Crippen LogP contribution >= 0.6 is 11.6 Å². The molecule has 0 radical (unpaired) electrons. The van der Waals surface area contributed by atoms with Gasteiger partial charge in [-0.2, -0.15) is 0 Å². The maximum Gasteiger partial charge on any atom is 0.254 e. The minimum Gasteiger partial charge on any atom is -0.375 e. The van der Waals surface area contributed by atoms with Crippen molar-refractivity contribution in [3.05, 3.63) is 100.0 Å². The van der Waals surface area contributed by atoms with Crippen molar-refractivity contribution in [2.24, 2.45) is 0 Å². The summed E-state index contributed by atoms with van der Waals surface area (Å²) in [5, 5.41) is 1.81. The highest BCUT2D eigenvalue weighted by molar-refractivity contribution is 6.31. The molecular weight excluding hydrogens is 485 g/mol. The Morgan fingerprint density at radius 2 is 1.81 bits per heavy atom. The van der Waals surface area contributed by atoms with Gasteiger partial charge in [0.2, 0.25) is 0 Å². The summed E-state index contributed by atoms with van der Waals surface area (Å²) < 4.78 is 14.8. The fraction of sp³-hybridized carbons (Fsp3) is 0.323. The van der Waals surface area contributed by atoms with Crippen molar-refractivity contribution in [3.8, 4) is 0 Å². The lowest BCUT2D eigenvalue weighted by molar-refractivity contribution is 0.0226. The highest BCUT2D eigenvalue weighted by Gasteiger charge is 2.49. The number of amides is 1. The van der Waals surface area contributed by atoms with Crippen LogP contribution < -0.4 is 4.90 Å². The average molecular weight is 516 g/mol. The molecule has 6 rings (SSSR count). The van der Waals surface area contributed by atoms with Gasteiger partial charge in [0, 0.05) is 47.8 Å². The quantitative estimate of drug-likeness (QED) is 0.311. The number of benzene rings is 3. The lowest BCUT2D eigenvalue weighted by Gasteiger charge is -2.51. The molecule has 6 heteroatoms. The second-order valence-corrected chi connectivity index (χ2v) is 11.1. The van der Waals surface area contributed by atoms with Crippen molar-refractivity contribution in [2.45, 2.75) is 43.6 Å². The van der Waals surface area contributed by atoms with Gasteiger partial charge in [-0.25, -0.2) is 4.39 Å². The molecule has 2 heterocycles. The van der Waals surface area contributed by atoms with E-state index in [2.05, 4.69) is 40.2 Å². The minimum absolute atomic E-state index is 0.0185. The Morgan fingerprint density at radius 3 is 2.57 bits per heavy atom. The Morgan fingerprint density at radius 1 is 1.05 bits per heavy atom. The molecule has 1 fully saturated rings. The van der Waals surface area contributed by atoms with E-state index in [-0.39, 0.29) is 17.6 Å². The van der Waals surface area contributed by atoms with Crippen LogP contribution in [-0.4, -0.2) is 36.4 Å². The van der Waals surface area contributed by atoms with Gasteiger partial charge in [0.15, 0.2) is 0 Å². The van der Waals surface area contributed by atoms with E-state index < -0.39 is 5.54 Å². The Hall–Kier alpha value is -3.31. The predicted molar refractivity (Wildman–Crippen MR) is 148 cm³/mol. The van der Waals surface area contributed by atoms with E-state index in [1.54, 1.807) is 12.1 Å². The number of fused-ring (bicyclic) bond motifs is 4. The molecule has 4 aromatic rings. The first kappa shape index (κ1) is 24.1. The number of carbonyl (C=O) groups excluding carboxylic acids is 1. The Labute approximate surface area is 222 Å². The van der Waals surface area contributed by atoms with Gasteiger partial charge in [-0.1, -0.05) is 48.0 Å². The van der Waals surface area contributed by atoms with E-state index >= 15 is 0 Å². The predicted octanol–water partition coefficient (Wildman–Crippen LogP) is 7.28. The van der Waals surface area contributed by atoms with Crippen LogP contribution in [0.1, 0.15) is 58.8 Å². The lowest BCUT2D eigenvalue weighted by atomic mass is 9.69. The topological polar surface area (TPSA) is 39.3 Å². The molecular formula is C31H31ClFN3O. The number of anilines is 1. The zero-order chi connectivity index (χ0) is 25.7. The summed E-state index contributed by atoms with van der Waals surface area (Å²) in [6.07, 6.45) is 4.18. The Bertz CT molecular complexity index is 1490. The van der Waals surface area contributed by atoms with Crippen molar-refractivity contribution in [1.29, 1.82) is 0 Å². The zero-order valence-corrected chi connectivity index (χ0v) is 22.0. The number of carbonyl (C=O) groups is 1. The molecule has 4 nitrogen and oxygen atoms in total. The molecule has 0 unspecified atom stereocenters. The van der Waals surface area contributed by atoms with Crippen molar-refractivity contribution in [3.63, 3.8) is 0 Å². The SMILES string of the molecule is CN(C)c1c(F)cccc1C1CCC2(CC1)c1[nH]c3ccccc3c1CCN2C(=O)c1cccc(Cl)c1. The monoisotopic (exact) mass is 515 g/mol. The molecule has 190 valence electrons. The molecule has 1 spiro atoms. The number of hydrogen-bond acceptors (Lipinski definition) is 2. The summed E-state index contributed by atoms with van der Waals surface area (Å²) >= 11 is 6.27. The molecule has 3 aromatic carbocycles. The van der Waals surface area contributed by atoms with Gasteiger partial charge in [-0.15, -0.1) is 0 Å². The first-order chi connectivity index (χ1) is 17.9. The molecule has 0 saturated heterocycles.